The molecule has 41 heavy (non-hydrogen) atoms. The molecule has 3 N–H and O–H groups in total. The third kappa shape index (κ3) is 7.70. The normalized spacial score (nSPS) is 21.1. The Balaban J connectivity index is 1.59. The van der Waals surface area contributed by atoms with Crippen LogP contribution in [-0.4, -0.2) is 89.7 Å². The summed E-state index contributed by atoms with van der Waals surface area (Å²) in [5.41, 5.74) is 0.764. The zero-order valence-electron chi connectivity index (χ0n) is 24.2. The van der Waals surface area contributed by atoms with E-state index < -0.39 is 22.2 Å². The van der Waals surface area contributed by atoms with Crippen LogP contribution in [0.1, 0.15) is 51.5 Å². The van der Waals surface area contributed by atoms with Crippen molar-refractivity contribution in [3.63, 3.8) is 0 Å². The Morgan fingerprint density at radius 3 is 2.66 bits per heavy atom. The van der Waals surface area contributed by atoms with Crippen molar-refractivity contribution >= 4 is 27.6 Å². The molecule has 0 spiro atoms. The van der Waals surface area contributed by atoms with Gasteiger partial charge >= 0.3 is 6.03 Å². The van der Waals surface area contributed by atoms with Gasteiger partial charge in [-0.3, -0.25) is 9.52 Å². The Morgan fingerprint density at radius 2 is 2.00 bits per heavy atom. The molecular formula is C28H42N6O6S. The first-order valence-electron chi connectivity index (χ1n) is 14.2. The SMILES string of the molecule is C[C@H](CO)N1C[C@H](C)[C@H](CN(C)C(=O)NC2CCCCC2)Oc2ccc(NS(=O)(=O)c3cn(C)cn3)cc2CC1=O. The maximum Gasteiger partial charge on any atom is 0.317 e. The predicted molar refractivity (Wildman–Crippen MR) is 154 cm³/mol. The molecule has 1 aliphatic heterocycles. The molecule has 0 radical (unpaired) electrons. The van der Waals surface area contributed by atoms with E-state index in [0.29, 0.717) is 17.9 Å². The number of aromatic nitrogens is 2. The van der Waals surface area contributed by atoms with Gasteiger partial charge in [0.05, 0.1) is 31.9 Å². The Hall–Kier alpha value is -3.32. The van der Waals surface area contributed by atoms with E-state index in [1.807, 2.05) is 6.92 Å². The third-order valence-corrected chi connectivity index (χ3v) is 9.12. The molecule has 1 fully saturated rings. The largest absolute Gasteiger partial charge is 0.488 e. The molecular weight excluding hydrogens is 548 g/mol. The minimum atomic E-state index is -3.94. The molecule has 1 aromatic carbocycles. The number of nitrogens with one attached hydrogen (secondary N) is 2. The molecule has 3 amide bonds. The van der Waals surface area contributed by atoms with Crippen LogP contribution in [0.15, 0.2) is 35.7 Å². The van der Waals surface area contributed by atoms with Crippen molar-refractivity contribution in [1.82, 2.24) is 24.7 Å². The molecule has 3 atom stereocenters. The lowest BCUT2D eigenvalue weighted by molar-refractivity contribution is -0.134. The fourth-order valence-electron chi connectivity index (χ4n) is 5.33. The summed E-state index contributed by atoms with van der Waals surface area (Å²) < 4.78 is 36.3. The maximum absolute atomic E-state index is 13.4. The number of aryl methyl sites for hydroxylation is 1. The van der Waals surface area contributed by atoms with Crippen LogP contribution in [0.4, 0.5) is 10.5 Å². The predicted octanol–water partition coefficient (Wildman–Crippen LogP) is 2.34. The van der Waals surface area contributed by atoms with Gasteiger partial charge in [-0.25, -0.2) is 9.78 Å². The molecule has 4 rings (SSSR count). The molecule has 0 saturated heterocycles. The smallest absolute Gasteiger partial charge is 0.317 e. The van der Waals surface area contributed by atoms with Gasteiger partial charge in [0, 0.05) is 50.0 Å². The summed E-state index contributed by atoms with van der Waals surface area (Å²) in [6, 6.07) is 4.39. The number of amides is 3. The summed E-state index contributed by atoms with van der Waals surface area (Å²) in [5.74, 6) is 0.0544. The van der Waals surface area contributed by atoms with Crippen molar-refractivity contribution in [2.45, 2.75) is 75.6 Å². The molecule has 12 nitrogen and oxygen atoms in total. The number of fused-ring (bicyclic) bond motifs is 1. The van der Waals surface area contributed by atoms with E-state index in [2.05, 4.69) is 15.0 Å². The number of benzene rings is 1. The van der Waals surface area contributed by atoms with Crippen molar-refractivity contribution < 1.29 is 27.9 Å². The van der Waals surface area contributed by atoms with Gasteiger partial charge in [-0.1, -0.05) is 26.2 Å². The number of urea groups is 1. The number of carbonyl (C=O) groups is 2. The monoisotopic (exact) mass is 590 g/mol. The third-order valence-electron chi connectivity index (χ3n) is 7.86. The van der Waals surface area contributed by atoms with Crippen LogP contribution in [0.25, 0.3) is 0 Å². The van der Waals surface area contributed by atoms with Gasteiger partial charge in [0.1, 0.15) is 11.9 Å². The molecule has 13 heteroatoms. The van der Waals surface area contributed by atoms with E-state index in [9.17, 15) is 23.1 Å². The van der Waals surface area contributed by atoms with Crippen molar-refractivity contribution in [2.24, 2.45) is 13.0 Å². The molecule has 2 aromatic rings. The average molecular weight is 591 g/mol. The topological polar surface area (TPSA) is 146 Å². The van der Waals surface area contributed by atoms with E-state index in [1.165, 1.54) is 23.5 Å². The van der Waals surface area contributed by atoms with E-state index in [-0.39, 0.29) is 54.2 Å². The molecule has 226 valence electrons. The minimum Gasteiger partial charge on any atom is -0.488 e. The highest BCUT2D eigenvalue weighted by Crippen LogP contribution is 2.30. The summed E-state index contributed by atoms with van der Waals surface area (Å²) >= 11 is 0. The molecule has 0 unspecified atom stereocenters. The van der Waals surface area contributed by atoms with Crippen molar-refractivity contribution in [3.8, 4) is 5.75 Å². The fourth-order valence-corrected chi connectivity index (χ4v) is 6.36. The van der Waals surface area contributed by atoms with Crippen LogP contribution in [0.2, 0.25) is 0 Å². The summed E-state index contributed by atoms with van der Waals surface area (Å²) in [5, 5.41) is 12.9. The molecule has 1 aliphatic carbocycles. The maximum atomic E-state index is 13.4. The second-order valence-corrected chi connectivity index (χ2v) is 13.0. The van der Waals surface area contributed by atoms with Gasteiger partial charge in [0.15, 0.2) is 5.03 Å². The lowest BCUT2D eigenvalue weighted by atomic mass is 9.96. The van der Waals surface area contributed by atoms with Gasteiger partial charge in [0.25, 0.3) is 10.0 Å². The number of anilines is 1. The standard InChI is InChI=1S/C28H42N6O6S/c1-19-14-34(20(2)17-35)27(36)13-21-12-23(31-41(38,39)26-16-32(3)18-29-26)10-11-24(21)40-25(19)15-33(4)28(37)30-22-8-6-5-7-9-22/h10-12,16,18-20,22,25,31,35H,5-9,13-15,17H2,1-4H3,(H,30,37)/t19-,20+,25-/m0/s1. The number of rotatable bonds is 8. The highest BCUT2D eigenvalue weighted by molar-refractivity contribution is 7.92. The molecule has 0 bridgehead atoms. The number of hydrogen-bond donors (Lipinski definition) is 3. The van der Waals surface area contributed by atoms with Gasteiger partial charge in [-0.15, -0.1) is 0 Å². The van der Waals surface area contributed by atoms with Crippen molar-refractivity contribution in [1.29, 1.82) is 0 Å². The fraction of sp³-hybridized carbons (Fsp3) is 0.607. The number of imidazole rings is 1. The van der Waals surface area contributed by atoms with Crippen molar-refractivity contribution in [3.05, 3.63) is 36.3 Å². The van der Waals surface area contributed by atoms with Crippen LogP contribution < -0.4 is 14.8 Å². The van der Waals surface area contributed by atoms with Crippen LogP contribution in [0.3, 0.4) is 0 Å². The van der Waals surface area contributed by atoms with Gasteiger partial charge in [0.2, 0.25) is 5.91 Å². The first-order chi connectivity index (χ1) is 19.5. The van der Waals surface area contributed by atoms with E-state index >= 15 is 0 Å². The summed E-state index contributed by atoms with van der Waals surface area (Å²) in [6.07, 6.45) is 7.66. The number of nitrogens with zero attached hydrogens (tertiary/aromatic N) is 4. The van der Waals surface area contributed by atoms with Gasteiger partial charge < -0.3 is 29.5 Å². The number of sulfonamides is 1. The summed E-state index contributed by atoms with van der Waals surface area (Å²) in [6.45, 7) is 4.15. The Bertz CT molecular complexity index is 1330. The average Bonchev–Trinajstić information content (AvgIpc) is 3.40. The lowest BCUT2D eigenvalue weighted by Crippen LogP contribution is -2.50. The molecule has 2 heterocycles. The van der Waals surface area contributed by atoms with Gasteiger partial charge in [-0.2, -0.15) is 8.42 Å². The first-order valence-corrected chi connectivity index (χ1v) is 15.7. The van der Waals surface area contributed by atoms with Gasteiger partial charge in [-0.05, 0) is 38.0 Å². The van der Waals surface area contributed by atoms with E-state index in [4.69, 9.17) is 4.74 Å². The quantitative estimate of drug-likeness (QED) is 0.428. The van der Waals surface area contributed by atoms with Crippen molar-refractivity contribution in [2.75, 3.05) is 31.5 Å². The van der Waals surface area contributed by atoms with Crippen LogP contribution in [-0.2, 0) is 28.3 Å². The molecule has 1 aromatic heterocycles. The van der Waals surface area contributed by atoms with Crippen LogP contribution in [0, 0.1) is 5.92 Å². The number of hydrogen-bond acceptors (Lipinski definition) is 7. The number of aliphatic hydroxyl groups excluding tert-OH is 1. The lowest BCUT2D eigenvalue weighted by Gasteiger charge is -2.34. The Labute approximate surface area is 242 Å². The second-order valence-electron chi connectivity index (χ2n) is 11.4. The van der Waals surface area contributed by atoms with Crippen LogP contribution in [0.5, 0.6) is 5.75 Å². The second kappa shape index (κ2) is 13.1. The number of ether oxygens (including phenoxy) is 1. The van der Waals surface area contributed by atoms with E-state index in [1.54, 1.807) is 49.0 Å². The highest BCUT2D eigenvalue weighted by atomic mass is 32.2. The number of likely N-dealkylation sites (N-methyl/N-ethyl adjacent to an activating group) is 1. The number of aliphatic hydroxyl groups is 1. The summed E-state index contributed by atoms with van der Waals surface area (Å²) in [4.78, 5) is 33.6. The molecule has 1 saturated carbocycles. The molecule has 2 aliphatic rings. The van der Waals surface area contributed by atoms with E-state index in [0.717, 1.165) is 25.7 Å². The highest BCUT2D eigenvalue weighted by Gasteiger charge is 2.32. The Kier molecular flexibility index (Phi) is 9.80. The minimum absolute atomic E-state index is 0.0454. The zero-order chi connectivity index (χ0) is 29.7. The first kappa shape index (κ1) is 30.6. The van der Waals surface area contributed by atoms with Crippen LogP contribution >= 0.6 is 0 Å². The zero-order valence-corrected chi connectivity index (χ0v) is 25.1. The Morgan fingerprint density at radius 1 is 1.27 bits per heavy atom. The number of carbonyl (C=O) groups excluding carboxylic acids is 2. The summed E-state index contributed by atoms with van der Waals surface area (Å²) in [7, 11) is -0.534.